The minimum absolute atomic E-state index is 0.0886. The maximum atomic E-state index is 12.6. The van der Waals surface area contributed by atoms with Gasteiger partial charge in [-0.25, -0.2) is 4.79 Å². The molecule has 2 aromatic carbocycles. The van der Waals surface area contributed by atoms with Crippen LogP contribution in [0.5, 0.6) is 5.75 Å². The molecule has 0 radical (unpaired) electrons. The van der Waals surface area contributed by atoms with Crippen molar-refractivity contribution in [2.24, 2.45) is 5.92 Å². The molecule has 32 heavy (non-hydrogen) atoms. The molecule has 0 saturated carbocycles. The van der Waals surface area contributed by atoms with Crippen LogP contribution in [0.25, 0.3) is 0 Å². The van der Waals surface area contributed by atoms with Crippen molar-refractivity contribution in [3.63, 3.8) is 0 Å². The van der Waals surface area contributed by atoms with Crippen LogP contribution in [-0.4, -0.2) is 42.7 Å². The molecule has 1 aliphatic heterocycles. The fourth-order valence-electron chi connectivity index (χ4n) is 3.54. The quantitative estimate of drug-likeness (QED) is 0.683. The van der Waals surface area contributed by atoms with Gasteiger partial charge in [0, 0.05) is 25.3 Å². The Kier molecular flexibility index (Phi) is 7.61. The Bertz CT molecular complexity index is 949. The van der Waals surface area contributed by atoms with Gasteiger partial charge in [-0.05, 0) is 55.2 Å². The highest BCUT2D eigenvalue weighted by Gasteiger charge is 2.29. The van der Waals surface area contributed by atoms with Gasteiger partial charge >= 0.3 is 12.2 Å². The van der Waals surface area contributed by atoms with Crippen LogP contribution in [0, 0.1) is 12.8 Å². The van der Waals surface area contributed by atoms with E-state index in [1.807, 2.05) is 31.2 Å². The van der Waals surface area contributed by atoms with Crippen molar-refractivity contribution < 1.29 is 27.5 Å². The van der Waals surface area contributed by atoms with E-state index >= 15 is 0 Å². The number of urea groups is 1. The summed E-state index contributed by atoms with van der Waals surface area (Å²) >= 11 is 0. The molecular formula is C23H26F3N3O3. The van der Waals surface area contributed by atoms with E-state index in [9.17, 15) is 22.8 Å². The van der Waals surface area contributed by atoms with E-state index in [-0.39, 0.29) is 30.2 Å². The third-order valence-corrected chi connectivity index (χ3v) is 5.12. The topological polar surface area (TPSA) is 70.7 Å². The number of amides is 3. The molecule has 0 spiro atoms. The average Bonchev–Trinajstić information content (AvgIpc) is 2.76. The SMILES string of the molecule is Cc1cccc(NC(=O)N2CCCC(C(=O)NCc3cccc(OCC(F)(F)F)c3)C2)c1. The van der Waals surface area contributed by atoms with Gasteiger partial charge in [0.1, 0.15) is 5.75 Å². The second-order valence-corrected chi connectivity index (χ2v) is 7.85. The summed E-state index contributed by atoms with van der Waals surface area (Å²) in [6.45, 7) is 1.60. The highest BCUT2D eigenvalue weighted by atomic mass is 19.4. The molecule has 3 rings (SSSR count). The molecule has 0 aliphatic carbocycles. The lowest BCUT2D eigenvalue weighted by Crippen LogP contribution is -2.46. The van der Waals surface area contributed by atoms with E-state index in [2.05, 4.69) is 10.6 Å². The zero-order valence-corrected chi connectivity index (χ0v) is 17.7. The van der Waals surface area contributed by atoms with Gasteiger partial charge in [-0.2, -0.15) is 13.2 Å². The monoisotopic (exact) mass is 449 g/mol. The molecule has 1 fully saturated rings. The Morgan fingerprint density at radius 2 is 1.94 bits per heavy atom. The van der Waals surface area contributed by atoms with Crippen molar-refractivity contribution in [2.75, 3.05) is 25.0 Å². The van der Waals surface area contributed by atoms with Crippen molar-refractivity contribution in [2.45, 2.75) is 32.5 Å². The molecule has 0 bridgehead atoms. The van der Waals surface area contributed by atoms with Crippen LogP contribution in [-0.2, 0) is 11.3 Å². The third kappa shape index (κ3) is 7.18. The molecule has 1 saturated heterocycles. The molecule has 2 aromatic rings. The molecular weight excluding hydrogens is 423 g/mol. The lowest BCUT2D eigenvalue weighted by molar-refractivity contribution is -0.153. The van der Waals surface area contributed by atoms with Gasteiger partial charge in [0.2, 0.25) is 5.91 Å². The van der Waals surface area contributed by atoms with Crippen molar-refractivity contribution in [3.05, 3.63) is 59.7 Å². The van der Waals surface area contributed by atoms with Crippen LogP contribution in [0.2, 0.25) is 0 Å². The number of aryl methyl sites for hydroxylation is 1. The van der Waals surface area contributed by atoms with Crippen LogP contribution < -0.4 is 15.4 Å². The summed E-state index contributed by atoms with van der Waals surface area (Å²) < 4.78 is 41.7. The number of carbonyl (C=O) groups excluding carboxylic acids is 2. The van der Waals surface area contributed by atoms with Crippen molar-refractivity contribution in [3.8, 4) is 5.75 Å². The number of anilines is 1. The molecule has 0 aromatic heterocycles. The Morgan fingerprint density at radius 3 is 2.69 bits per heavy atom. The number of ether oxygens (including phenoxy) is 1. The summed E-state index contributed by atoms with van der Waals surface area (Å²) in [4.78, 5) is 26.8. The number of benzene rings is 2. The summed E-state index contributed by atoms with van der Waals surface area (Å²) in [5.41, 5.74) is 2.36. The number of carbonyl (C=O) groups is 2. The van der Waals surface area contributed by atoms with Gasteiger partial charge in [-0.1, -0.05) is 24.3 Å². The molecule has 2 N–H and O–H groups in total. The van der Waals surface area contributed by atoms with E-state index in [1.165, 1.54) is 12.1 Å². The van der Waals surface area contributed by atoms with Crippen LogP contribution >= 0.6 is 0 Å². The minimum Gasteiger partial charge on any atom is -0.484 e. The highest BCUT2D eigenvalue weighted by molar-refractivity contribution is 5.90. The molecule has 172 valence electrons. The first kappa shape index (κ1) is 23.4. The fraction of sp³-hybridized carbons (Fsp3) is 0.391. The lowest BCUT2D eigenvalue weighted by atomic mass is 9.97. The summed E-state index contributed by atoms with van der Waals surface area (Å²) in [5, 5.41) is 5.67. The maximum absolute atomic E-state index is 12.6. The Hall–Kier alpha value is -3.23. The molecule has 9 heteroatoms. The molecule has 1 heterocycles. The Morgan fingerprint density at radius 1 is 1.16 bits per heavy atom. The summed E-state index contributed by atoms with van der Waals surface area (Å²) in [5.74, 6) is -0.456. The zero-order chi connectivity index (χ0) is 23.1. The highest BCUT2D eigenvalue weighted by Crippen LogP contribution is 2.21. The summed E-state index contributed by atoms with van der Waals surface area (Å²) in [6.07, 6.45) is -3.04. The number of nitrogens with zero attached hydrogens (tertiary/aromatic N) is 1. The molecule has 1 aliphatic rings. The molecule has 3 amide bonds. The predicted molar refractivity (Wildman–Crippen MR) is 114 cm³/mol. The van der Waals surface area contributed by atoms with Gasteiger partial charge in [0.15, 0.2) is 6.61 Å². The number of alkyl halides is 3. The second-order valence-electron chi connectivity index (χ2n) is 7.85. The van der Waals surface area contributed by atoms with Crippen LogP contribution in [0.3, 0.4) is 0 Å². The largest absolute Gasteiger partial charge is 0.484 e. The van der Waals surface area contributed by atoms with E-state index in [0.717, 1.165) is 5.56 Å². The van der Waals surface area contributed by atoms with Crippen LogP contribution in [0.1, 0.15) is 24.0 Å². The van der Waals surface area contributed by atoms with Crippen molar-refractivity contribution >= 4 is 17.6 Å². The van der Waals surface area contributed by atoms with Crippen LogP contribution in [0.15, 0.2) is 48.5 Å². The van der Waals surface area contributed by atoms with E-state index in [4.69, 9.17) is 4.74 Å². The van der Waals surface area contributed by atoms with Crippen LogP contribution in [0.4, 0.5) is 23.7 Å². The van der Waals surface area contributed by atoms with E-state index in [1.54, 1.807) is 17.0 Å². The van der Waals surface area contributed by atoms with Crippen molar-refractivity contribution in [1.82, 2.24) is 10.2 Å². The summed E-state index contributed by atoms with van der Waals surface area (Å²) in [7, 11) is 0. The lowest BCUT2D eigenvalue weighted by Gasteiger charge is -2.32. The van der Waals surface area contributed by atoms with Gasteiger partial charge in [0.25, 0.3) is 0 Å². The number of rotatable bonds is 6. The number of hydrogen-bond acceptors (Lipinski definition) is 3. The first-order valence-corrected chi connectivity index (χ1v) is 10.4. The average molecular weight is 449 g/mol. The zero-order valence-electron chi connectivity index (χ0n) is 17.7. The summed E-state index contributed by atoms with van der Waals surface area (Å²) in [6, 6.07) is 13.4. The van der Waals surface area contributed by atoms with Crippen molar-refractivity contribution in [1.29, 1.82) is 0 Å². The number of piperidine rings is 1. The Balaban J connectivity index is 1.50. The maximum Gasteiger partial charge on any atom is 0.422 e. The van der Waals surface area contributed by atoms with E-state index < -0.39 is 12.8 Å². The van der Waals surface area contributed by atoms with Gasteiger partial charge in [-0.15, -0.1) is 0 Å². The van der Waals surface area contributed by atoms with Gasteiger partial charge in [0.05, 0.1) is 5.92 Å². The van der Waals surface area contributed by atoms with E-state index in [0.29, 0.717) is 37.2 Å². The Labute approximate surface area is 184 Å². The smallest absolute Gasteiger partial charge is 0.422 e. The van der Waals surface area contributed by atoms with Gasteiger partial charge in [-0.3, -0.25) is 4.79 Å². The fourth-order valence-corrected chi connectivity index (χ4v) is 3.54. The standard InChI is InChI=1S/C23H26F3N3O3/c1-16-5-2-8-19(11-16)28-22(31)29-10-4-7-18(14-29)21(30)27-13-17-6-3-9-20(12-17)32-15-23(24,25)26/h2-3,5-6,8-9,11-12,18H,4,7,10,13-15H2,1H3,(H,27,30)(H,28,31). The number of likely N-dealkylation sites (tertiary alicyclic amines) is 1. The normalized spacial score (nSPS) is 16.4. The molecule has 1 unspecified atom stereocenters. The minimum atomic E-state index is -4.41. The first-order chi connectivity index (χ1) is 15.2. The first-order valence-electron chi connectivity index (χ1n) is 10.4. The predicted octanol–water partition coefficient (Wildman–Crippen LogP) is 4.50. The number of hydrogen-bond donors (Lipinski definition) is 2. The second kappa shape index (κ2) is 10.4. The number of halogens is 3. The molecule has 1 atom stereocenters. The third-order valence-electron chi connectivity index (χ3n) is 5.12. The number of nitrogens with one attached hydrogen (secondary N) is 2. The van der Waals surface area contributed by atoms with Gasteiger partial charge < -0.3 is 20.3 Å². The molecule has 6 nitrogen and oxygen atoms in total.